The van der Waals surface area contributed by atoms with E-state index in [9.17, 15) is 9.59 Å². The second-order valence-corrected chi connectivity index (χ2v) is 7.82. The lowest BCUT2D eigenvalue weighted by molar-refractivity contribution is -0.119. The number of hydrogen-bond acceptors (Lipinski definition) is 4. The molecule has 5 nitrogen and oxygen atoms in total. The molecule has 5 heteroatoms. The van der Waals surface area contributed by atoms with Crippen molar-refractivity contribution in [3.8, 4) is 18.1 Å². The Hall–Kier alpha value is -3.10. The van der Waals surface area contributed by atoms with Gasteiger partial charge in [-0.25, -0.2) is 0 Å². The Morgan fingerprint density at radius 2 is 1.93 bits per heavy atom. The summed E-state index contributed by atoms with van der Waals surface area (Å²) in [6.07, 6.45) is 8.42. The molecule has 29 heavy (non-hydrogen) atoms. The first-order valence-electron chi connectivity index (χ1n) is 9.85. The van der Waals surface area contributed by atoms with Gasteiger partial charge in [0.15, 0.2) is 0 Å². The first-order valence-corrected chi connectivity index (χ1v) is 9.85. The van der Waals surface area contributed by atoms with Gasteiger partial charge in [-0.3, -0.25) is 14.9 Å². The molecule has 4 rings (SSSR count). The van der Waals surface area contributed by atoms with E-state index in [2.05, 4.69) is 16.6 Å². The molecule has 1 amide bonds. The number of Topliss-reactive ketones (excluding diaryl/α,β-unsaturated/α-hetero) is 1. The Balaban J connectivity index is 1.80. The van der Waals surface area contributed by atoms with Crippen molar-refractivity contribution in [2.45, 2.75) is 43.8 Å². The zero-order chi connectivity index (χ0) is 20.6. The van der Waals surface area contributed by atoms with Crippen molar-refractivity contribution in [1.29, 1.82) is 0 Å². The Bertz CT molecular complexity index is 1000. The minimum atomic E-state index is -1.15. The molecule has 1 fully saturated rings. The zero-order valence-electron chi connectivity index (χ0n) is 16.6. The minimum Gasteiger partial charge on any atom is -0.497 e. The van der Waals surface area contributed by atoms with Gasteiger partial charge in [0.2, 0.25) is 5.78 Å². The molecule has 0 radical (unpaired) electrons. The van der Waals surface area contributed by atoms with Crippen molar-refractivity contribution in [2.24, 2.45) is 0 Å². The van der Waals surface area contributed by atoms with Gasteiger partial charge in [-0.2, -0.15) is 0 Å². The SMILES string of the molecule is C#CC(=O)[C@@]1(c2ccc(C(=O)NC3CC3)cc2)N[C@@H](C)Cc2cc(OC)ccc21. The normalized spacial score (nSPS) is 22.9. The van der Waals surface area contributed by atoms with Crippen LogP contribution in [0, 0.1) is 12.3 Å². The fraction of sp³-hybridized carbons (Fsp3) is 0.333. The number of fused-ring (bicyclic) bond motifs is 1. The van der Waals surface area contributed by atoms with Gasteiger partial charge in [-0.1, -0.05) is 18.2 Å². The van der Waals surface area contributed by atoms with Crippen LogP contribution >= 0.6 is 0 Å². The number of ketones is 1. The fourth-order valence-corrected chi connectivity index (χ4v) is 4.09. The molecule has 1 aliphatic heterocycles. The topological polar surface area (TPSA) is 67.4 Å². The van der Waals surface area contributed by atoms with E-state index in [0.717, 1.165) is 41.7 Å². The quantitative estimate of drug-likeness (QED) is 0.610. The van der Waals surface area contributed by atoms with Gasteiger partial charge >= 0.3 is 0 Å². The third kappa shape index (κ3) is 3.41. The number of ether oxygens (including phenoxy) is 1. The molecule has 0 saturated heterocycles. The summed E-state index contributed by atoms with van der Waals surface area (Å²) >= 11 is 0. The summed E-state index contributed by atoms with van der Waals surface area (Å²) in [6, 6.07) is 13.2. The second kappa shape index (κ2) is 7.38. The molecule has 2 N–H and O–H groups in total. The van der Waals surface area contributed by atoms with Gasteiger partial charge in [0.25, 0.3) is 5.91 Å². The van der Waals surface area contributed by atoms with Gasteiger partial charge < -0.3 is 10.1 Å². The maximum absolute atomic E-state index is 13.1. The first-order chi connectivity index (χ1) is 14.0. The smallest absolute Gasteiger partial charge is 0.251 e. The number of benzene rings is 2. The lowest BCUT2D eigenvalue weighted by Gasteiger charge is -2.41. The molecule has 1 aliphatic carbocycles. The Kier molecular flexibility index (Phi) is 4.89. The van der Waals surface area contributed by atoms with Gasteiger partial charge in [-0.05, 0) is 73.1 Å². The summed E-state index contributed by atoms with van der Waals surface area (Å²) < 4.78 is 5.36. The molecule has 0 unspecified atom stereocenters. The average Bonchev–Trinajstić information content (AvgIpc) is 3.55. The maximum Gasteiger partial charge on any atom is 0.251 e. The van der Waals surface area contributed by atoms with Crippen LogP contribution in [0.15, 0.2) is 42.5 Å². The highest BCUT2D eigenvalue weighted by molar-refractivity contribution is 6.06. The lowest BCUT2D eigenvalue weighted by Crippen LogP contribution is -2.57. The number of carbonyl (C=O) groups excluding carboxylic acids is 2. The lowest BCUT2D eigenvalue weighted by atomic mass is 9.73. The summed E-state index contributed by atoms with van der Waals surface area (Å²) in [5.74, 6) is 2.62. The molecule has 0 aromatic heterocycles. The van der Waals surface area contributed by atoms with Gasteiger partial charge in [0, 0.05) is 17.6 Å². The van der Waals surface area contributed by atoms with Gasteiger partial charge in [0.05, 0.1) is 7.11 Å². The van der Waals surface area contributed by atoms with Crippen molar-refractivity contribution in [2.75, 3.05) is 7.11 Å². The van der Waals surface area contributed by atoms with Gasteiger partial charge in [0.1, 0.15) is 11.3 Å². The minimum absolute atomic E-state index is 0.0322. The predicted molar refractivity (Wildman–Crippen MR) is 111 cm³/mol. The summed E-state index contributed by atoms with van der Waals surface area (Å²) in [7, 11) is 1.62. The Labute approximate surface area is 170 Å². The summed E-state index contributed by atoms with van der Waals surface area (Å²) in [4.78, 5) is 25.4. The van der Waals surface area contributed by atoms with E-state index < -0.39 is 5.54 Å². The van der Waals surface area contributed by atoms with E-state index in [1.165, 1.54) is 0 Å². The third-order valence-electron chi connectivity index (χ3n) is 5.67. The van der Waals surface area contributed by atoms with E-state index in [-0.39, 0.29) is 17.7 Å². The van der Waals surface area contributed by atoms with E-state index in [1.807, 2.05) is 37.3 Å². The van der Waals surface area contributed by atoms with Gasteiger partial charge in [-0.15, -0.1) is 6.42 Å². The molecule has 2 atom stereocenters. The molecular formula is C24H24N2O3. The Morgan fingerprint density at radius 1 is 1.21 bits per heavy atom. The predicted octanol–water partition coefficient (Wildman–Crippen LogP) is 2.57. The van der Waals surface area contributed by atoms with E-state index in [1.54, 1.807) is 19.2 Å². The molecule has 1 saturated carbocycles. The molecule has 0 bridgehead atoms. The Morgan fingerprint density at radius 3 is 2.55 bits per heavy atom. The molecule has 1 heterocycles. The monoisotopic (exact) mass is 388 g/mol. The number of hydrogen-bond donors (Lipinski definition) is 2. The largest absolute Gasteiger partial charge is 0.497 e. The number of terminal acetylenes is 1. The van der Waals surface area contributed by atoms with Crippen molar-refractivity contribution >= 4 is 11.7 Å². The number of amides is 1. The van der Waals surface area contributed by atoms with E-state index in [0.29, 0.717) is 11.6 Å². The van der Waals surface area contributed by atoms with Crippen LogP contribution in [0.2, 0.25) is 0 Å². The van der Waals surface area contributed by atoms with Crippen molar-refractivity contribution in [3.63, 3.8) is 0 Å². The molecule has 2 aromatic carbocycles. The standard InChI is InChI=1S/C24H24N2O3/c1-4-22(27)24(18-7-5-16(6-8-18)23(28)25-19-9-10-19)21-12-11-20(29-3)14-17(21)13-15(2)26-24/h1,5-8,11-12,14-15,19,26H,9-10,13H2,2-3H3,(H,25,28)/t15-,24-/m0/s1. The number of nitrogens with one attached hydrogen (secondary N) is 2. The van der Waals surface area contributed by atoms with Crippen molar-refractivity contribution in [3.05, 3.63) is 64.7 Å². The second-order valence-electron chi connectivity index (χ2n) is 7.82. The van der Waals surface area contributed by atoms with Crippen LogP contribution in [0.25, 0.3) is 0 Å². The highest BCUT2D eigenvalue weighted by Gasteiger charge is 2.46. The van der Waals surface area contributed by atoms with Crippen LogP contribution < -0.4 is 15.4 Å². The summed E-state index contributed by atoms with van der Waals surface area (Å²) in [5.41, 5.74) is 1.99. The highest BCUT2D eigenvalue weighted by Crippen LogP contribution is 2.39. The number of carbonyl (C=O) groups is 2. The molecular weight excluding hydrogens is 364 g/mol. The van der Waals surface area contributed by atoms with Crippen LogP contribution in [0.5, 0.6) is 5.75 Å². The zero-order valence-corrected chi connectivity index (χ0v) is 16.6. The highest BCUT2D eigenvalue weighted by atomic mass is 16.5. The molecule has 0 spiro atoms. The van der Waals surface area contributed by atoms with Crippen LogP contribution in [-0.2, 0) is 16.8 Å². The van der Waals surface area contributed by atoms with E-state index >= 15 is 0 Å². The number of methoxy groups -OCH3 is 1. The van der Waals surface area contributed by atoms with Crippen LogP contribution in [0.3, 0.4) is 0 Å². The molecule has 148 valence electrons. The summed E-state index contributed by atoms with van der Waals surface area (Å²) in [6.45, 7) is 2.03. The third-order valence-corrected chi connectivity index (χ3v) is 5.67. The molecule has 2 aliphatic rings. The maximum atomic E-state index is 13.1. The van der Waals surface area contributed by atoms with Crippen LogP contribution in [-0.4, -0.2) is 30.9 Å². The van der Waals surface area contributed by atoms with E-state index in [4.69, 9.17) is 11.2 Å². The van der Waals surface area contributed by atoms with Crippen LogP contribution in [0.1, 0.15) is 46.8 Å². The average molecular weight is 388 g/mol. The summed E-state index contributed by atoms with van der Waals surface area (Å²) in [5, 5.41) is 6.43. The molecule has 2 aromatic rings. The van der Waals surface area contributed by atoms with Crippen molar-refractivity contribution in [1.82, 2.24) is 10.6 Å². The van der Waals surface area contributed by atoms with Crippen molar-refractivity contribution < 1.29 is 14.3 Å². The number of rotatable bonds is 5. The first kappa shape index (κ1) is 19.2. The fourth-order valence-electron chi connectivity index (χ4n) is 4.09. The van der Waals surface area contributed by atoms with Crippen LogP contribution in [0.4, 0.5) is 0 Å².